The fourth-order valence-corrected chi connectivity index (χ4v) is 3.60. The summed E-state index contributed by atoms with van der Waals surface area (Å²) in [7, 11) is 1.43. The van der Waals surface area contributed by atoms with Crippen LogP contribution in [-0.4, -0.2) is 33.6 Å². The molecule has 0 saturated carbocycles. The minimum absolute atomic E-state index is 0.109. The minimum atomic E-state index is -3.87. The Hall–Kier alpha value is -0.630. The molecule has 1 fully saturated rings. The molecule has 1 amide bonds. The second kappa shape index (κ2) is 7.09. The smallest absolute Gasteiger partial charge is 0.261 e. The van der Waals surface area contributed by atoms with Crippen LogP contribution >= 0.6 is 26.6 Å². The largest absolute Gasteiger partial charge is 0.378 e. The maximum atomic E-state index is 12.0. The number of nitrogens with one attached hydrogen (secondary N) is 1. The molecule has 8 heteroatoms. The highest BCUT2D eigenvalue weighted by molar-refractivity contribution is 9.10. The van der Waals surface area contributed by atoms with E-state index in [9.17, 15) is 13.2 Å². The van der Waals surface area contributed by atoms with Crippen molar-refractivity contribution >= 4 is 41.6 Å². The lowest BCUT2D eigenvalue weighted by molar-refractivity contribution is 0.0907. The highest BCUT2D eigenvalue weighted by Crippen LogP contribution is 2.22. The van der Waals surface area contributed by atoms with Crippen LogP contribution in [0.4, 0.5) is 0 Å². The van der Waals surface area contributed by atoms with E-state index in [1.54, 1.807) is 6.07 Å². The number of ether oxygens (including phenoxy) is 1. The first-order valence-corrected chi connectivity index (χ1v) is 9.61. The van der Waals surface area contributed by atoms with Crippen LogP contribution in [0.2, 0.25) is 0 Å². The van der Waals surface area contributed by atoms with E-state index in [0.717, 1.165) is 25.9 Å². The molecule has 1 atom stereocenters. The Bertz CT molecular complexity index is 629. The zero-order chi connectivity index (χ0) is 15.5. The second-order valence-electron chi connectivity index (χ2n) is 4.79. The van der Waals surface area contributed by atoms with Gasteiger partial charge in [0.2, 0.25) is 0 Å². The summed E-state index contributed by atoms with van der Waals surface area (Å²) in [6.45, 7) is 1.26. The monoisotopic (exact) mass is 395 g/mol. The molecule has 5 nitrogen and oxygen atoms in total. The number of halogens is 2. The molecule has 1 aliphatic rings. The summed E-state index contributed by atoms with van der Waals surface area (Å²) >= 11 is 3.17. The highest BCUT2D eigenvalue weighted by atomic mass is 79.9. The highest BCUT2D eigenvalue weighted by Gasteiger charge is 2.17. The predicted octanol–water partition coefficient (Wildman–Crippen LogP) is 2.68. The number of carbonyl (C=O) groups is 1. The van der Waals surface area contributed by atoms with Gasteiger partial charge < -0.3 is 10.1 Å². The summed E-state index contributed by atoms with van der Waals surface area (Å²) in [4.78, 5) is 11.9. The van der Waals surface area contributed by atoms with E-state index in [4.69, 9.17) is 15.4 Å². The van der Waals surface area contributed by atoms with Crippen molar-refractivity contribution in [3.63, 3.8) is 0 Å². The van der Waals surface area contributed by atoms with Crippen LogP contribution in [0.5, 0.6) is 0 Å². The van der Waals surface area contributed by atoms with E-state index in [0.29, 0.717) is 11.0 Å². The number of amides is 1. The second-order valence-corrected chi connectivity index (χ2v) is 8.27. The van der Waals surface area contributed by atoms with Crippen LogP contribution in [0.3, 0.4) is 0 Å². The van der Waals surface area contributed by atoms with Crippen LogP contribution in [0.15, 0.2) is 27.6 Å². The molecule has 1 aromatic carbocycles. The molecule has 1 unspecified atom stereocenters. The molecule has 1 heterocycles. The molecule has 21 heavy (non-hydrogen) atoms. The van der Waals surface area contributed by atoms with Gasteiger partial charge in [-0.15, -0.1) is 0 Å². The third-order valence-electron chi connectivity index (χ3n) is 3.19. The predicted molar refractivity (Wildman–Crippen MR) is 83.1 cm³/mol. The van der Waals surface area contributed by atoms with Crippen LogP contribution in [0.1, 0.15) is 29.6 Å². The molecule has 0 radical (unpaired) electrons. The number of rotatable bonds is 5. The average molecular weight is 397 g/mol. The van der Waals surface area contributed by atoms with Crippen molar-refractivity contribution in [3.05, 3.63) is 28.2 Å². The van der Waals surface area contributed by atoms with Crippen molar-refractivity contribution < 1.29 is 17.9 Å². The summed E-state index contributed by atoms with van der Waals surface area (Å²) in [6, 6.07) is 4.16. The standard InChI is InChI=1S/C13H15BrClNO4S/c14-10-6-9(7-12(8-10)21(15,18)19)13(17)16-4-3-11-2-1-5-20-11/h6-8,11H,1-5H2,(H,16,17). The molecule has 1 saturated heterocycles. The topological polar surface area (TPSA) is 72.5 Å². The SMILES string of the molecule is O=C(NCCC1CCCO1)c1cc(Br)cc(S(=O)(=O)Cl)c1. The van der Waals surface area contributed by atoms with Gasteiger partial charge in [0, 0.05) is 33.9 Å². The maximum absolute atomic E-state index is 12.0. The summed E-state index contributed by atoms with van der Waals surface area (Å²) in [5, 5.41) is 2.75. The molecule has 0 aliphatic carbocycles. The van der Waals surface area contributed by atoms with Crippen molar-refractivity contribution in [2.24, 2.45) is 0 Å². The first-order valence-electron chi connectivity index (χ1n) is 6.51. The molecule has 116 valence electrons. The zero-order valence-corrected chi connectivity index (χ0v) is 14.3. The number of hydrogen-bond donors (Lipinski definition) is 1. The molecule has 2 rings (SSSR count). The Labute approximate surface area is 136 Å². The van der Waals surface area contributed by atoms with Gasteiger partial charge in [0.05, 0.1) is 11.0 Å². The fourth-order valence-electron chi connectivity index (χ4n) is 2.16. The van der Waals surface area contributed by atoms with Gasteiger partial charge in [-0.1, -0.05) is 15.9 Å². The normalized spacial score (nSPS) is 18.7. The van der Waals surface area contributed by atoms with E-state index in [-0.39, 0.29) is 22.5 Å². The Morgan fingerprint density at radius 3 is 2.81 bits per heavy atom. The molecular weight excluding hydrogens is 382 g/mol. The zero-order valence-electron chi connectivity index (χ0n) is 11.1. The van der Waals surface area contributed by atoms with Crippen molar-refractivity contribution in [1.29, 1.82) is 0 Å². The molecule has 0 spiro atoms. The van der Waals surface area contributed by atoms with Crippen LogP contribution in [0.25, 0.3) is 0 Å². The van der Waals surface area contributed by atoms with Crippen molar-refractivity contribution in [1.82, 2.24) is 5.32 Å². The Morgan fingerprint density at radius 1 is 1.43 bits per heavy atom. The van der Waals surface area contributed by atoms with E-state index < -0.39 is 9.05 Å². The van der Waals surface area contributed by atoms with E-state index in [1.807, 2.05) is 0 Å². The van der Waals surface area contributed by atoms with Gasteiger partial charge in [-0.25, -0.2) is 8.42 Å². The molecule has 0 bridgehead atoms. The van der Waals surface area contributed by atoms with Crippen molar-refractivity contribution in [3.8, 4) is 0 Å². The minimum Gasteiger partial charge on any atom is -0.378 e. The van der Waals surface area contributed by atoms with Gasteiger partial charge in [-0.05, 0) is 37.5 Å². The molecular formula is C13H15BrClNO4S. The molecule has 1 aromatic rings. The van der Waals surface area contributed by atoms with Gasteiger partial charge >= 0.3 is 0 Å². The van der Waals surface area contributed by atoms with Gasteiger partial charge in [-0.2, -0.15) is 0 Å². The van der Waals surface area contributed by atoms with Crippen LogP contribution in [0, 0.1) is 0 Å². The number of hydrogen-bond acceptors (Lipinski definition) is 4. The third-order valence-corrected chi connectivity index (χ3v) is 4.98. The lowest BCUT2D eigenvalue weighted by atomic mass is 10.1. The van der Waals surface area contributed by atoms with E-state index in [1.165, 1.54) is 12.1 Å². The quantitative estimate of drug-likeness (QED) is 0.777. The number of benzene rings is 1. The molecule has 1 N–H and O–H groups in total. The van der Waals surface area contributed by atoms with Crippen LogP contribution < -0.4 is 5.32 Å². The van der Waals surface area contributed by atoms with Gasteiger partial charge in [0.1, 0.15) is 0 Å². The first-order chi connectivity index (χ1) is 9.86. The van der Waals surface area contributed by atoms with Crippen molar-refractivity contribution in [2.45, 2.75) is 30.3 Å². The lowest BCUT2D eigenvalue weighted by Gasteiger charge is -2.10. The third kappa shape index (κ3) is 4.95. The Morgan fingerprint density at radius 2 is 2.19 bits per heavy atom. The maximum Gasteiger partial charge on any atom is 0.261 e. The van der Waals surface area contributed by atoms with Crippen LogP contribution in [-0.2, 0) is 13.8 Å². The average Bonchev–Trinajstić information content (AvgIpc) is 2.90. The lowest BCUT2D eigenvalue weighted by Crippen LogP contribution is -2.27. The summed E-state index contributed by atoms with van der Waals surface area (Å²) < 4.78 is 28.6. The van der Waals surface area contributed by atoms with E-state index in [2.05, 4.69) is 21.2 Å². The van der Waals surface area contributed by atoms with E-state index >= 15 is 0 Å². The molecule has 0 aromatic heterocycles. The number of carbonyl (C=O) groups excluding carboxylic acids is 1. The Balaban J connectivity index is 2.00. The van der Waals surface area contributed by atoms with Crippen molar-refractivity contribution in [2.75, 3.05) is 13.2 Å². The molecule has 1 aliphatic heterocycles. The first kappa shape index (κ1) is 16.7. The Kier molecular flexibility index (Phi) is 5.65. The van der Waals surface area contributed by atoms with Gasteiger partial charge in [0.15, 0.2) is 0 Å². The van der Waals surface area contributed by atoms with Gasteiger partial charge in [0.25, 0.3) is 15.0 Å². The van der Waals surface area contributed by atoms with Gasteiger partial charge in [-0.3, -0.25) is 4.79 Å². The fraction of sp³-hybridized carbons (Fsp3) is 0.462. The summed E-state index contributed by atoms with van der Waals surface area (Å²) in [5.74, 6) is -0.337. The summed E-state index contributed by atoms with van der Waals surface area (Å²) in [6.07, 6.45) is 3.02. The summed E-state index contributed by atoms with van der Waals surface area (Å²) in [5.41, 5.74) is 0.246.